The smallest absolute Gasteiger partial charge is 0.314 e. The highest BCUT2D eigenvalue weighted by atomic mass is 16.5. The van der Waals surface area contributed by atoms with Crippen LogP contribution in [-0.4, -0.2) is 25.7 Å². The summed E-state index contributed by atoms with van der Waals surface area (Å²) in [6, 6.07) is -0.108. The average Bonchev–Trinajstić information content (AvgIpc) is 2.67. The SMILES string of the molecule is C.C=COCCNC(=O)NCCCCCCCCCCCCCCCCCC. The zero-order valence-corrected chi connectivity index (χ0v) is 18.0. The molecule has 0 radical (unpaired) electrons. The van der Waals surface area contributed by atoms with Crippen molar-refractivity contribution in [2.75, 3.05) is 19.7 Å². The van der Waals surface area contributed by atoms with Gasteiger partial charge in [0.1, 0.15) is 6.61 Å². The van der Waals surface area contributed by atoms with Gasteiger partial charge in [0.15, 0.2) is 0 Å². The molecule has 0 aromatic rings. The number of urea groups is 1. The Kier molecular flexibility index (Phi) is 26.7. The number of carbonyl (C=O) groups is 1. The minimum atomic E-state index is -0.108. The number of ether oxygens (including phenoxy) is 1. The second-order valence-corrected chi connectivity index (χ2v) is 7.52. The van der Waals surface area contributed by atoms with Crippen LogP contribution in [0, 0.1) is 0 Å². The van der Waals surface area contributed by atoms with Crippen molar-refractivity contribution in [1.29, 1.82) is 0 Å². The Morgan fingerprint density at radius 3 is 1.54 bits per heavy atom. The molecule has 0 bridgehead atoms. The maximum atomic E-state index is 11.5. The third kappa shape index (κ3) is 24.8. The lowest BCUT2D eigenvalue weighted by atomic mass is 10.0. The summed E-state index contributed by atoms with van der Waals surface area (Å²) in [6.07, 6.45) is 23.3. The van der Waals surface area contributed by atoms with Gasteiger partial charge in [0, 0.05) is 6.54 Å². The van der Waals surface area contributed by atoms with Crippen molar-refractivity contribution in [1.82, 2.24) is 10.6 Å². The molecule has 0 saturated heterocycles. The molecule has 0 rings (SSSR count). The van der Waals surface area contributed by atoms with E-state index < -0.39 is 0 Å². The first-order valence-corrected chi connectivity index (χ1v) is 11.6. The summed E-state index contributed by atoms with van der Waals surface area (Å²) in [5, 5.41) is 5.63. The van der Waals surface area contributed by atoms with Crippen molar-refractivity contribution in [3.63, 3.8) is 0 Å². The minimum absolute atomic E-state index is 0. The Hall–Kier alpha value is -1.19. The van der Waals surface area contributed by atoms with E-state index in [4.69, 9.17) is 4.74 Å². The maximum absolute atomic E-state index is 11.5. The van der Waals surface area contributed by atoms with Crippen LogP contribution in [0.15, 0.2) is 12.8 Å². The molecule has 0 aliphatic carbocycles. The highest BCUT2D eigenvalue weighted by molar-refractivity contribution is 5.73. The molecule has 0 saturated carbocycles. The Morgan fingerprint density at radius 2 is 1.11 bits per heavy atom. The summed E-state index contributed by atoms with van der Waals surface area (Å²) in [4.78, 5) is 11.5. The first-order valence-electron chi connectivity index (χ1n) is 11.6. The fourth-order valence-electron chi connectivity index (χ4n) is 3.24. The van der Waals surface area contributed by atoms with Gasteiger partial charge in [-0.2, -0.15) is 0 Å². The van der Waals surface area contributed by atoms with Gasteiger partial charge >= 0.3 is 6.03 Å². The molecule has 0 aliphatic heterocycles. The standard InChI is InChI=1S/C23H46N2O2.CH4/c1-3-5-6-7-8-9-10-11-12-13-14-15-16-17-18-19-20-24-23(26)25-21-22-27-4-2;/h4H,2-3,5-22H2,1H3,(H2,24,25,26);1H4. The van der Waals surface area contributed by atoms with Crippen LogP contribution in [-0.2, 0) is 4.74 Å². The molecule has 0 aromatic carbocycles. The van der Waals surface area contributed by atoms with E-state index in [1.807, 2.05) is 0 Å². The molecule has 28 heavy (non-hydrogen) atoms. The van der Waals surface area contributed by atoms with E-state index in [0.717, 1.165) is 13.0 Å². The lowest BCUT2D eigenvalue weighted by Gasteiger charge is -2.07. The van der Waals surface area contributed by atoms with Gasteiger partial charge in [-0.25, -0.2) is 4.79 Å². The van der Waals surface area contributed by atoms with Crippen molar-refractivity contribution in [3.05, 3.63) is 12.8 Å². The summed E-state index contributed by atoms with van der Waals surface area (Å²) >= 11 is 0. The Morgan fingerprint density at radius 1 is 0.714 bits per heavy atom. The fourth-order valence-corrected chi connectivity index (χ4v) is 3.24. The van der Waals surface area contributed by atoms with Crippen molar-refractivity contribution < 1.29 is 9.53 Å². The first kappa shape index (κ1) is 29.0. The predicted octanol–water partition coefficient (Wildman–Crippen LogP) is 7.34. The Balaban J connectivity index is 0. The lowest BCUT2D eigenvalue weighted by Crippen LogP contribution is -2.37. The molecule has 0 spiro atoms. The van der Waals surface area contributed by atoms with Gasteiger partial charge in [-0.15, -0.1) is 0 Å². The Bertz CT molecular complexity index is 322. The van der Waals surface area contributed by atoms with Crippen LogP contribution in [0.4, 0.5) is 4.79 Å². The molecule has 0 atom stereocenters. The van der Waals surface area contributed by atoms with Crippen LogP contribution in [0.3, 0.4) is 0 Å². The number of rotatable bonds is 21. The molecule has 2 amide bonds. The number of amides is 2. The molecule has 4 nitrogen and oxygen atoms in total. The molecule has 168 valence electrons. The molecule has 2 N–H and O–H groups in total. The number of carbonyl (C=O) groups excluding carboxylic acids is 1. The van der Waals surface area contributed by atoms with Gasteiger partial charge < -0.3 is 15.4 Å². The van der Waals surface area contributed by atoms with Gasteiger partial charge in [-0.3, -0.25) is 0 Å². The van der Waals surface area contributed by atoms with Gasteiger partial charge in [-0.05, 0) is 6.42 Å². The van der Waals surface area contributed by atoms with E-state index in [0.29, 0.717) is 13.2 Å². The van der Waals surface area contributed by atoms with E-state index in [9.17, 15) is 4.79 Å². The monoisotopic (exact) mass is 398 g/mol. The molecule has 0 unspecified atom stereocenters. The largest absolute Gasteiger partial charge is 0.500 e. The Labute approximate surface area is 176 Å². The molecule has 0 fully saturated rings. The fraction of sp³-hybridized carbons (Fsp3) is 0.875. The summed E-state index contributed by atoms with van der Waals surface area (Å²) < 4.78 is 4.94. The van der Waals surface area contributed by atoms with Crippen LogP contribution in [0.1, 0.15) is 117 Å². The summed E-state index contributed by atoms with van der Waals surface area (Å²) in [7, 11) is 0. The minimum Gasteiger partial charge on any atom is -0.500 e. The van der Waals surface area contributed by atoms with Gasteiger partial charge in [0.05, 0.1) is 12.8 Å². The number of nitrogens with one attached hydrogen (secondary N) is 2. The average molecular weight is 399 g/mol. The van der Waals surface area contributed by atoms with E-state index in [1.54, 1.807) is 0 Å². The van der Waals surface area contributed by atoms with Crippen molar-refractivity contribution in [3.8, 4) is 0 Å². The van der Waals surface area contributed by atoms with Crippen molar-refractivity contribution in [2.45, 2.75) is 117 Å². The number of hydrogen-bond acceptors (Lipinski definition) is 2. The topological polar surface area (TPSA) is 50.4 Å². The summed E-state index contributed by atoms with van der Waals surface area (Å²) in [5.41, 5.74) is 0. The third-order valence-electron chi connectivity index (χ3n) is 4.94. The van der Waals surface area contributed by atoms with Crippen LogP contribution >= 0.6 is 0 Å². The lowest BCUT2D eigenvalue weighted by molar-refractivity contribution is 0.226. The van der Waals surface area contributed by atoms with Crippen LogP contribution in [0.5, 0.6) is 0 Å². The predicted molar refractivity (Wildman–Crippen MR) is 124 cm³/mol. The molecule has 0 aromatic heterocycles. The molecular weight excluding hydrogens is 348 g/mol. The quantitative estimate of drug-likeness (QED) is 0.157. The third-order valence-corrected chi connectivity index (χ3v) is 4.94. The van der Waals surface area contributed by atoms with E-state index in [-0.39, 0.29) is 13.5 Å². The van der Waals surface area contributed by atoms with E-state index in [2.05, 4.69) is 24.1 Å². The maximum Gasteiger partial charge on any atom is 0.314 e. The highest BCUT2D eigenvalue weighted by Gasteiger charge is 1.98. The van der Waals surface area contributed by atoms with E-state index >= 15 is 0 Å². The summed E-state index contributed by atoms with van der Waals surface area (Å²) in [6.45, 7) is 7.47. The normalized spacial score (nSPS) is 10.2. The van der Waals surface area contributed by atoms with Crippen molar-refractivity contribution in [2.24, 2.45) is 0 Å². The summed E-state index contributed by atoms with van der Waals surface area (Å²) in [5.74, 6) is 0. The van der Waals surface area contributed by atoms with Gasteiger partial charge in [-0.1, -0.05) is 117 Å². The molecule has 0 heterocycles. The van der Waals surface area contributed by atoms with Crippen LogP contribution < -0.4 is 10.6 Å². The van der Waals surface area contributed by atoms with E-state index in [1.165, 1.54) is 103 Å². The number of unbranched alkanes of at least 4 members (excludes halogenated alkanes) is 15. The van der Waals surface area contributed by atoms with Crippen LogP contribution in [0.25, 0.3) is 0 Å². The molecular formula is C24H50N2O2. The molecule has 0 aliphatic rings. The zero-order valence-electron chi connectivity index (χ0n) is 18.0. The second kappa shape index (κ2) is 25.8. The van der Waals surface area contributed by atoms with Gasteiger partial charge in [0.2, 0.25) is 0 Å². The second-order valence-electron chi connectivity index (χ2n) is 7.52. The molecule has 4 heteroatoms. The zero-order chi connectivity index (χ0) is 19.8. The number of hydrogen-bond donors (Lipinski definition) is 2. The highest BCUT2D eigenvalue weighted by Crippen LogP contribution is 2.13. The van der Waals surface area contributed by atoms with Crippen LogP contribution in [0.2, 0.25) is 0 Å². The van der Waals surface area contributed by atoms with Crippen molar-refractivity contribution >= 4 is 6.03 Å². The first-order chi connectivity index (χ1) is 13.3. The van der Waals surface area contributed by atoms with Gasteiger partial charge in [0.25, 0.3) is 0 Å².